The van der Waals surface area contributed by atoms with Crippen LogP contribution in [0.1, 0.15) is 5.01 Å². The zero-order valence-electron chi connectivity index (χ0n) is 4.16. The third-order valence-corrected chi connectivity index (χ3v) is 2.85. The van der Waals surface area contributed by atoms with Crippen molar-refractivity contribution < 1.29 is 0 Å². The van der Waals surface area contributed by atoms with Crippen LogP contribution in [0, 0.1) is 6.92 Å². The van der Waals surface area contributed by atoms with Crippen LogP contribution in [0.2, 0.25) is 0 Å². The lowest BCUT2D eigenvalue weighted by Gasteiger charge is -1.74. The second-order valence-corrected chi connectivity index (χ2v) is 3.74. The fraction of sp³-hybridized carbons (Fsp3) is 0.333. The maximum Gasteiger partial charge on any atom is 0.184 e. The van der Waals surface area contributed by atoms with Crippen molar-refractivity contribution in [2.24, 2.45) is 0 Å². The highest BCUT2D eigenvalue weighted by Gasteiger charge is 1.95. The van der Waals surface area contributed by atoms with Crippen LogP contribution in [-0.2, 0) is 0 Å². The quantitative estimate of drug-likeness (QED) is 0.506. The van der Waals surface area contributed by atoms with Crippen LogP contribution in [0.15, 0.2) is 4.34 Å². The number of hydrogen-bond donors (Lipinski definition) is 1. The lowest BCUT2D eigenvalue weighted by Crippen LogP contribution is -1.66. The molecule has 0 spiro atoms. The topological polar surface area (TPSA) is 25.8 Å². The number of thiol groups is 1. The maximum atomic E-state index is 3.95. The first-order chi connectivity index (χ1) is 3.83. The second kappa shape index (κ2) is 2.70. The van der Waals surface area contributed by atoms with Gasteiger partial charge in [0, 0.05) is 0 Å². The third kappa shape index (κ3) is 1.37. The van der Waals surface area contributed by atoms with Crippen LogP contribution in [0.5, 0.6) is 0 Å². The number of hydrogen-bond acceptors (Lipinski definition) is 5. The molecule has 0 fully saturated rings. The molecular weight excluding hydrogens is 160 g/mol. The SMILES string of the molecule is Cc1nnc(SS)s1. The minimum Gasteiger partial charge on any atom is -0.143 e. The molecule has 0 aliphatic heterocycles. The van der Waals surface area contributed by atoms with Crippen LogP contribution in [-0.4, -0.2) is 10.2 Å². The highest BCUT2D eigenvalue weighted by atomic mass is 33.1. The smallest absolute Gasteiger partial charge is 0.143 e. The van der Waals surface area contributed by atoms with Gasteiger partial charge in [-0.1, -0.05) is 11.3 Å². The van der Waals surface area contributed by atoms with Crippen molar-refractivity contribution in [3.63, 3.8) is 0 Å². The Morgan fingerprint density at radius 3 is 2.62 bits per heavy atom. The molecule has 0 aromatic carbocycles. The summed E-state index contributed by atoms with van der Waals surface area (Å²) >= 11 is 5.50. The minimum absolute atomic E-state index is 0.908. The van der Waals surface area contributed by atoms with Crippen LogP contribution in [0.4, 0.5) is 0 Å². The van der Waals surface area contributed by atoms with E-state index in [-0.39, 0.29) is 0 Å². The van der Waals surface area contributed by atoms with E-state index in [2.05, 4.69) is 21.9 Å². The molecular formula is C3H4N2S3. The summed E-state index contributed by atoms with van der Waals surface area (Å²) in [6, 6.07) is 0. The average molecular weight is 164 g/mol. The first kappa shape index (κ1) is 6.38. The predicted molar refractivity (Wildman–Crippen MR) is 39.5 cm³/mol. The zero-order chi connectivity index (χ0) is 5.98. The lowest BCUT2D eigenvalue weighted by atomic mass is 10.9. The van der Waals surface area contributed by atoms with Gasteiger partial charge in [-0.3, -0.25) is 0 Å². The number of rotatable bonds is 1. The first-order valence-corrected chi connectivity index (χ1v) is 4.63. The molecule has 1 heterocycles. The first-order valence-electron chi connectivity index (χ1n) is 1.94. The molecule has 0 amide bonds. The van der Waals surface area contributed by atoms with Crippen molar-refractivity contribution in [2.45, 2.75) is 11.3 Å². The zero-order valence-corrected chi connectivity index (χ0v) is 6.69. The van der Waals surface area contributed by atoms with Gasteiger partial charge >= 0.3 is 0 Å². The molecule has 0 aliphatic carbocycles. The molecule has 0 saturated carbocycles. The van der Waals surface area contributed by atoms with Crippen LogP contribution in [0.25, 0.3) is 0 Å². The van der Waals surface area contributed by atoms with Crippen LogP contribution in [0.3, 0.4) is 0 Å². The van der Waals surface area contributed by atoms with Gasteiger partial charge in [0.2, 0.25) is 0 Å². The highest BCUT2D eigenvalue weighted by molar-refractivity contribution is 8.69. The van der Waals surface area contributed by atoms with Gasteiger partial charge in [-0.05, 0) is 17.7 Å². The Morgan fingerprint density at radius 1 is 1.62 bits per heavy atom. The molecule has 0 saturated heterocycles. The van der Waals surface area contributed by atoms with Gasteiger partial charge in [0.25, 0.3) is 0 Å². The summed E-state index contributed by atoms with van der Waals surface area (Å²) < 4.78 is 0.908. The normalized spacial score (nSPS) is 9.75. The van der Waals surface area contributed by atoms with Crippen molar-refractivity contribution in [1.29, 1.82) is 0 Å². The molecule has 8 heavy (non-hydrogen) atoms. The van der Waals surface area contributed by atoms with Crippen molar-refractivity contribution in [2.75, 3.05) is 0 Å². The largest absolute Gasteiger partial charge is 0.184 e. The minimum atomic E-state index is 0.908. The maximum absolute atomic E-state index is 3.95. The number of nitrogens with zero attached hydrogens (tertiary/aromatic N) is 2. The van der Waals surface area contributed by atoms with E-state index >= 15 is 0 Å². The van der Waals surface area contributed by atoms with E-state index in [1.807, 2.05) is 6.92 Å². The summed E-state index contributed by atoms with van der Waals surface area (Å²) in [6.45, 7) is 1.92. The van der Waals surface area contributed by atoms with Crippen molar-refractivity contribution in [3.8, 4) is 0 Å². The lowest BCUT2D eigenvalue weighted by molar-refractivity contribution is 0.986. The predicted octanol–water partition coefficient (Wildman–Crippen LogP) is 1.78. The Morgan fingerprint density at radius 2 is 2.38 bits per heavy atom. The number of aromatic nitrogens is 2. The summed E-state index contributed by atoms with van der Waals surface area (Å²) in [5.74, 6) is 0. The molecule has 44 valence electrons. The van der Waals surface area contributed by atoms with Gasteiger partial charge in [-0.25, -0.2) is 0 Å². The van der Waals surface area contributed by atoms with Crippen LogP contribution >= 0.6 is 33.8 Å². The van der Waals surface area contributed by atoms with Gasteiger partial charge in [0.15, 0.2) is 4.34 Å². The van der Waals surface area contributed by atoms with Crippen molar-refractivity contribution in [3.05, 3.63) is 5.01 Å². The molecule has 1 aromatic heterocycles. The molecule has 1 rings (SSSR count). The van der Waals surface area contributed by atoms with E-state index in [4.69, 9.17) is 0 Å². The molecule has 0 bridgehead atoms. The molecule has 0 atom stereocenters. The molecule has 0 N–H and O–H groups in total. The van der Waals surface area contributed by atoms with E-state index in [1.54, 1.807) is 11.3 Å². The Balaban J connectivity index is 2.84. The van der Waals surface area contributed by atoms with Crippen molar-refractivity contribution in [1.82, 2.24) is 10.2 Å². The molecule has 0 unspecified atom stereocenters. The average Bonchev–Trinajstić information content (AvgIpc) is 2.14. The van der Waals surface area contributed by atoms with Gasteiger partial charge in [-0.2, -0.15) is 0 Å². The van der Waals surface area contributed by atoms with Crippen molar-refractivity contribution >= 4 is 33.8 Å². The Labute approximate surface area is 60.5 Å². The standard InChI is InChI=1S/C3H4N2S3/c1-2-4-5-3(7-2)8-6/h6H,1H3. The van der Waals surface area contributed by atoms with Gasteiger partial charge < -0.3 is 0 Å². The molecule has 0 aliphatic rings. The van der Waals surface area contributed by atoms with Gasteiger partial charge in [-0.15, -0.1) is 21.9 Å². The summed E-state index contributed by atoms with van der Waals surface area (Å²) in [4.78, 5) is 0. The van der Waals surface area contributed by atoms with Crippen LogP contribution < -0.4 is 0 Å². The Bertz CT molecular complexity index is 173. The van der Waals surface area contributed by atoms with E-state index in [9.17, 15) is 0 Å². The summed E-state index contributed by atoms with van der Waals surface area (Å²) in [6.07, 6.45) is 0. The molecule has 0 radical (unpaired) electrons. The molecule has 1 aromatic rings. The molecule has 2 nitrogen and oxygen atoms in total. The Hall–Kier alpha value is 0.260. The van der Waals surface area contributed by atoms with Gasteiger partial charge in [0.1, 0.15) is 5.01 Å². The monoisotopic (exact) mass is 164 g/mol. The van der Waals surface area contributed by atoms with E-state index in [0.29, 0.717) is 0 Å². The third-order valence-electron chi connectivity index (χ3n) is 0.586. The van der Waals surface area contributed by atoms with E-state index < -0.39 is 0 Å². The van der Waals surface area contributed by atoms with E-state index in [1.165, 1.54) is 10.8 Å². The Kier molecular flexibility index (Phi) is 2.16. The summed E-state index contributed by atoms with van der Waals surface area (Å²) in [5, 5.41) is 8.56. The van der Waals surface area contributed by atoms with Gasteiger partial charge in [0.05, 0.1) is 0 Å². The summed E-state index contributed by atoms with van der Waals surface area (Å²) in [5.41, 5.74) is 0. The summed E-state index contributed by atoms with van der Waals surface area (Å²) in [7, 11) is 1.33. The van der Waals surface area contributed by atoms with E-state index in [0.717, 1.165) is 9.35 Å². The second-order valence-electron chi connectivity index (χ2n) is 1.18. The molecule has 5 heteroatoms. The highest BCUT2D eigenvalue weighted by Crippen LogP contribution is 2.23. The number of aryl methyl sites for hydroxylation is 1. The fourth-order valence-corrected chi connectivity index (χ4v) is 1.76. The fourth-order valence-electron chi connectivity index (χ4n) is 0.315.